The van der Waals surface area contributed by atoms with Crippen molar-refractivity contribution in [3.63, 3.8) is 0 Å². The van der Waals surface area contributed by atoms with E-state index < -0.39 is 0 Å². The Bertz CT molecular complexity index is 642. The van der Waals surface area contributed by atoms with Crippen molar-refractivity contribution in [2.75, 3.05) is 6.54 Å². The number of carbonyl (C=O) groups excluding carboxylic acids is 1. The normalized spacial score (nSPS) is 11.6. The van der Waals surface area contributed by atoms with E-state index in [2.05, 4.69) is 42.3 Å². The predicted octanol–water partition coefficient (Wildman–Crippen LogP) is 3.17. The Labute approximate surface area is 141 Å². The van der Waals surface area contributed by atoms with Gasteiger partial charge in [0.15, 0.2) is 0 Å². The standard InChI is InChI=1S/C16H21N3OS.ClH/c1-10-4-5-13(11(2)8-10)12(3)18-16(20)14-9-21-15(19-14)6-7-17;/h4-5,8-9,12H,6-7,17H2,1-3H3,(H,18,20);1H. The van der Waals surface area contributed by atoms with E-state index in [9.17, 15) is 4.79 Å². The SMILES string of the molecule is Cc1ccc(C(C)NC(=O)c2csc(CCN)n2)c(C)c1.Cl. The number of hydrogen-bond donors (Lipinski definition) is 2. The molecule has 120 valence electrons. The third kappa shape index (κ3) is 4.53. The number of nitrogens with one attached hydrogen (secondary N) is 1. The van der Waals surface area contributed by atoms with E-state index in [4.69, 9.17) is 5.73 Å². The second kappa shape index (κ2) is 8.27. The maximum atomic E-state index is 12.2. The van der Waals surface area contributed by atoms with Gasteiger partial charge in [0.2, 0.25) is 0 Å². The summed E-state index contributed by atoms with van der Waals surface area (Å²) >= 11 is 1.48. The molecule has 1 atom stereocenters. The minimum atomic E-state index is -0.137. The van der Waals surface area contributed by atoms with Crippen molar-refractivity contribution in [3.8, 4) is 0 Å². The fraction of sp³-hybridized carbons (Fsp3) is 0.375. The number of rotatable bonds is 5. The number of aromatic nitrogens is 1. The van der Waals surface area contributed by atoms with E-state index >= 15 is 0 Å². The van der Waals surface area contributed by atoms with Crippen LogP contribution in [0.5, 0.6) is 0 Å². The lowest BCUT2D eigenvalue weighted by Crippen LogP contribution is -2.27. The molecule has 1 heterocycles. The fourth-order valence-corrected chi connectivity index (χ4v) is 3.11. The zero-order valence-corrected chi connectivity index (χ0v) is 14.7. The molecule has 22 heavy (non-hydrogen) atoms. The number of halogens is 1. The molecule has 1 amide bonds. The van der Waals surface area contributed by atoms with E-state index in [0.717, 1.165) is 10.6 Å². The van der Waals surface area contributed by atoms with Crippen LogP contribution in [0.1, 0.15) is 45.2 Å². The average molecular weight is 340 g/mol. The van der Waals surface area contributed by atoms with E-state index in [1.807, 2.05) is 6.92 Å². The van der Waals surface area contributed by atoms with Gasteiger partial charge in [0, 0.05) is 11.8 Å². The van der Waals surface area contributed by atoms with Crippen LogP contribution in [0.2, 0.25) is 0 Å². The predicted molar refractivity (Wildman–Crippen MR) is 93.9 cm³/mol. The average Bonchev–Trinajstić information content (AvgIpc) is 2.87. The minimum absolute atomic E-state index is 0. The fourth-order valence-electron chi connectivity index (χ4n) is 2.31. The summed E-state index contributed by atoms with van der Waals surface area (Å²) < 4.78 is 0. The summed E-state index contributed by atoms with van der Waals surface area (Å²) in [5.41, 5.74) is 9.51. The largest absolute Gasteiger partial charge is 0.344 e. The number of nitrogens with zero attached hydrogens (tertiary/aromatic N) is 1. The van der Waals surface area contributed by atoms with E-state index in [1.54, 1.807) is 5.38 Å². The highest BCUT2D eigenvalue weighted by Gasteiger charge is 2.15. The van der Waals surface area contributed by atoms with Crippen molar-refractivity contribution < 1.29 is 4.79 Å². The van der Waals surface area contributed by atoms with Gasteiger partial charge in [0.1, 0.15) is 5.69 Å². The summed E-state index contributed by atoms with van der Waals surface area (Å²) in [5.74, 6) is -0.137. The maximum Gasteiger partial charge on any atom is 0.271 e. The van der Waals surface area contributed by atoms with Crippen molar-refractivity contribution in [1.82, 2.24) is 10.3 Å². The lowest BCUT2D eigenvalue weighted by molar-refractivity contribution is 0.0935. The number of aryl methyl sites for hydroxylation is 2. The van der Waals surface area contributed by atoms with Crippen LogP contribution in [-0.2, 0) is 6.42 Å². The highest BCUT2D eigenvalue weighted by atomic mass is 35.5. The van der Waals surface area contributed by atoms with Crippen LogP contribution in [0.25, 0.3) is 0 Å². The molecule has 0 aliphatic heterocycles. The first kappa shape index (κ1) is 18.6. The zero-order valence-electron chi connectivity index (χ0n) is 13.1. The van der Waals surface area contributed by atoms with Crippen molar-refractivity contribution in [1.29, 1.82) is 0 Å². The molecular weight excluding hydrogens is 318 g/mol. The molecule has 0 saturated carbocycles. The number of thiazole rings is 1. The van der Waals surface area contributed by atoms with Gasteiger partial charge >= 0.3 is 0 Å². The van der Waals surface area contributed by atoms with Crippen LogP contribution in [0.4, 0.5) is 0 Å². The van der Waals surface area contributed by atoms with Crippen LogP contribution in [0, 0.1) is 13.8 Å². The molecule has 1 aromatic carbocycles. The molecule has 0 spiro atoms. The van der Waals surface area contributed by atoms with Crippen LogP contribution >= 0.6 is 23.7 Å². The lowest BCUT2D eigenvalue weighted by Gasteiger charge is -2.16. The topological polar surface area (TPSA) is 68.0 Å². The van der Waals surface area contributed by atoms with Gasteiger partial charge in [-0.1, -0.05) is 23.8 Å². The number of nitrogens with two attached hydrogens (primary N) is 1. The van der Waals surface area contributed by atoms with Crippen molar-refractivity contribution >= 4 is 29.7 Å². The van der Waals surface area contributed by atoms with Crippen LogP contribution < -0.4 is 11.1 Å². The summed E-state index contributed by atoms with van der Waals surface area (Å²) in [4.78, 5) is 16.5. The third-order valence-corrected chi connectivity index (χ3v) is 4.29. The Hall–Kier alpha value is -1.43. The van der Waals surface area contributed by atoms with Gasteiger partial charge in [0.25, 0.3) is 5.91 Å². The summed E-state index contributed by atoms with van der Waals surface area (Å²) in [5, 5.41) is 5.69. The van der Waals surface area contributed by atoms with E-state index in [0.29, 0.717) is 18.7 Å². The Balaban J connectivity index is 0.00000242. The van der Waals surface area contributed by atoms with Crippen LogP contribution in [0.15, 0.2) is 23.6 Å². The van der Waals surface area contributed by atoms with Gasteiger partial charge in [-0.05, 0) is 38.4 Å². The van der Waals surface area contributed by atoms with Crippen molar-refractivity contribution in [3.05, 3.63) is 51.0 Å². The van der Waals surface area contributed by atoms with Gasteiger partial charge in [-0.2, -0.15) is 0 Å². The molecular formula is C16H22ClN3OS. The van der Waals surface area contributed by atoms with E-state index in [1.165, 1.54) is 22.5 Å². The summed E-state index contributed by atoms with van der Waals surface area (Å²) in [7, 11) is 0. The molecule has 0 bridgehead atoms. The first-order valence-electron chi connectivity index (χ1n) is 7.03. The molecule has 2 aromatic rings. The highest BCUT2D eigenvalue weighted by molar-refractivity contribution is 7.09. The molecule has 0 saturated heterocycles. The molecule has 0 aliphatic carbocycles. The van der Waals surface area contributed by atoms with Gasteiger partial charge in [-0.15, -0.1) is 23.7 Å². The van der Waals surface area contributed by atoms with Crippen molar-refractivity contribution in [2.45, 2.75) is 33.2 Å². The summed E-state index contributed by atoms with van der Waals surface area (Å²) in [6, 6.07) is 6.21. The van der Waals surface area contributed by atoms with Gasteiger partial charge in [0.05, 0.1) is 11.0 Å². The maximum absolute atomic E-state index is 12.2. The molecule has 3 N–H and O–H groups in total. The Morgan fingerprint density at radius 3 is 2.77 bits per heavy atom. The second-order valence-corrected chi connectivity index (χ2v) is 6.16. The summed E-state index contributed by atoms with van der Waals surface area (Å²) in [6.45, 7) is 6.66. The number of hydrogen-bond acceptors (Lipinski definition) is 4. The van der Waals surface area contributed by atoms with Crippen molar-refractivity contribution in [2.24, 2.45) is 5.73 Å². The van der Waals surface area contributed by atoms with E-state index in [-0.39, 0.29) is 24.4 Å². The molecule has 0 aliphatic rings. The van der Waals surface area contributed by atoms with Gasteiger partial charge < -0.3 is 11.1 Å². The Morgan fingerprint density at radius 2 is 2.14 bits per heavy atom. The number of carbonyl (C=O) groups is 1. The second-order valence-electron chi connectivity index (χ2n) is 5.22. The zero-order chi connectivity index (χ0) is 15.4. The number of benzene rings is 1. The molecule has 4 nitrogen and oxygen atoms in total. The quantitative estimate of drug-likeness (QED) is 0.879. The van der Waals surface area contributed by atoms with Gasteiger partial charge in [-0.3, -0.25) is 4.79 Å². The van der Waals surface area contributed by atoms with Crippen LogP contribution in [-0.4, -0.2) is 17.4 Å². The monoisotopic (exact) mass is 339 g/mol. The highest BCUT2D eigenvalue weighted by Crippen LogP contribution is 2.19. The number of amides is 1. The van der Waals surface area contributed by atoms with Crippen LogP contribution in [0.3, 0.4) is 0 Å². The first-order chi connectivity index (χ1) is 10.0. The molecule has 2 rings (SSSR count). The minimum Gasteiger partial charge on any atom is -0.344 e. The molecule has 1 unspecified atom stereocenters. The summed E-state index contributed by atoms with van der Waals surface area (Å²) in [6.07, 6.45) is 0.713. The lowest BCUT2D eigenvalue weighted by atomic mass is 10.0. The molecule has 1 aromatic heterocycles. The third-order valence-electron chi connectivity index (χ3n) is 3.38. The van der Waals surface area contributed by atoms with Gasteiger partial charge in [-0.25, -0.2) is 4.98 Å². The Morgan fingerprint density at radius 1 is 1.41 bits per heavy atom. The smallest absolute Gasteiger partial charge is 0.271 e. The Kier molecular flexibility index (Phi) is 7.00. The molecule has 0 radical (unpaired) electrons. The molecule has 6 heteroatoms. The first-order valence-corrected chi connectivity index (χ1v) is 7.91. The molecule has 0 fully saturated rings.